The summed E-state index contributed by atoms with van der Waals surface area (Å²) in [4.78, 5) is 11.2. The van der Waals surface area contributed by atoms with E-state index in [1.54, 1.807) is 18.2 Å². The first kappa shape index (κ1) is 12.5. The highest BCUT2D eigenvalue weighted by Crippen LogP contribution is 2.18. The Hall–Kier alpha value is -1.59. The van der Waals surface area contributed by atoms with E-state index in [1.807, 2.05) is 0 Å². The maximum Gasteiger partial charge on any atom is 0.161 e. The molecule has 0 unspecified atom stereocenters. The molecule has 0 fully saturated rings. The zero-order valence-corrected chi connectivity index (χ0v) is 9.10. The monoisotopic (exact) mass is 224 g/mol. The molecule has 1 aromatic rings. The van der Waals surface area contributed by atoms with Crippen LogP contribution in [0.5, 0.6) is 0 Å². The number of anilines is 2. The number of nitrogens with one attached hydrogen (secondary N) is 1. The number of rotatable bonds is 5. The Morgan fingerprint density at radius 3 is 2.56 bits per heavy atom. The number of hydrogen-bond donors (Lipinski definition) is 4. The lowest BCUT2D eigenvalue weighted by atomic mass is 10.1. The van der Waals surface area contributed by atoms with Crippen LogP contribution in [-0.2, 0) is 0 Å². The van der Waals surface area contributed by atoms with Gasteiger partial charge in [0.25, 0.3) is 0 Å². The molecular weight excluding hydrogens is 208 g/mol. The summed E-state index contributed by atoms with van der Waals surface area (Å²) >= 11 is 0. The van der Waals surface area contributed by atoms with Gasteiger partial charge in [-0.25, -0.2) is 0 Å². The summed E-state index contributed by atoms with van der Waals surface area (Å²) < 4.78 is 0. The summed E-state index contributed by atoms with van der Waals surface area (Å²) in [6, 6.07) is 4.48. The minimum absolute atomic E-state index is 0.120. The minimum atomic E-state index is -0.441. The summed E-state index contributed by atoms with van der Waals surface area (Å²) in [7, 11) is 0. The van der Waals surface area contributed by atoms with Crippen LogP contribution in [0.1, 0.15) is 17.3 Å². The summed E-state index contributed by atoms with van der Waals surface area (Å²) in [5.74, 6) is -0.120. The van der Waals surface area contributed by atoms with Gasteiger partial charge < -0.3 is 21.3 Å². The fraction of sp³-hybridized carbons (Fsp3) is 0.364. The van der Waals surface area contributed by atoms with E-state index in [4.69, 9.17) is 15.9 Å². The number of ketones is 1. The Kier molecular flexibility index (Phi) is 4.28. The molecule has 0 aliphatic carbocycles. The summed E-state index contributed by atoms with van der Waals surface area (Å²) in [6.07, 6.45) is 0. The van der Waals surface area contributed by atoms with Crippen molar-refractivity contribution in [1.29, 1.82) is 0 Å². The normalized spacial score (nSPS) is 10.5. The van der Waals surface area contributed by atoms with Gasteiger partial charge in [-0.3, -0.25) is 4.79 Å². The summed E-state index contributed by atoms with van der Waals surface area (Å²) in [6.45, 7) is 1.07. The first-order chi connectivity index (χ1) is 7.58. The zero-order valence-electron chi connectivity index (χ0n) is 9.10. The summed E-state index contributed by atoms with van der Waals surface area (Å²) in [5.41, 5.74) is 7.13. The van der Waals surface area contributed by atoms with Crippen molar-refractivity contribution in [1.82, 2.24) is 0 Å². The molecule has 5 nitrogen and oxygen atoms in total. The number of nitrogen functional groups attached to an aromatic ring is 1. The third kappa shape index (κ3) is 2.95. The number of aliphatic hydroxyl groups is 2. The van der Waals surface area contributed by atoms with Gasteiger partial charge in [0.1, 0.15) is 0 Å². The van der Waals surface area contributed by atoms with Crippen LogP contribution in [0.2, 0.25) is 0 Å². The third-order valence-corrected chi connectivity index (χ3v) is 2.24. The Bertz CT molecular complexity index is 375. The zero-order chi connectivity index (χ0) is 12.1. The molecule has 0 bridgehead atoms. The summed E-state index contributed by atoms with van der Waals surface area (Å²) in [5, 5.41) is 20.7. The van der Waals surface area contributed by atoms with Gasteiger partial charge in [-0.2, -0.15) is 0 Å². The van der Waals surface area contributed by atoms with Gasteiger partial charge in [0.2, 0.25) is 0 Å². The van der Waals surface area contributed by atoms with E-state index in [-0.39, 0.29) is 19.0 Å². The van der Waals surface area contributed by atoms with Crippen molar-refractivity contribution in [3.63, 3.8) is 0 Å². The first-order valence-corrected chi connectivity index (χ1v) is 4.97. The highest BCUT2D eigenvalue weighted by atomic mass is 16.3. The molecule has 0 spiro atoms. The molecule has 0 aromatic heterocycles. The van der Waals surface area contributed by atoms with E-state index in [0.29, 0.717) is 16.9 Å². The molecule has 0 amide bonds. The Morgan fingerprint density at radius 2 is 2.06 bits per heavy atom. The molecule has 1 aromatic carbocycles. The SMILES string of the molecule is CC(=O)c1cc(NC(CO)CO)ccc1N. The maximum absolute atomic E-state index is 11.2. The highest BCUT2D eigenvalue weighted by molar-refractivity contribution is 6.00. The Balaban J connectivity index is 2.90. The molecule has 0 atom stereocenters. The van der Waals surface area contributed by atoms with Gasteiger partial charge in [-0.05, 0) is 25.1 Å². The highest BCUT2D eigenvalue weighted by Gasteiger charge is 2.09. The maximum atomic E-state index is 11.2. The second-order valence-corrected chi connectivity index (χ2v) is 3.56. The van der Waals surface area contributed by atoms with E-state index >= 15 is 0 Å². The van der Waals surface area contributed by atoms with Crippen LogP contribution in [0.3, 0.4) is 0 Å². The van der Waals surface area contributed by atoms with Crippen molar-refractivity contribution >= 4 is 17.2 Å². The Morgan fingerprint density at radius 1 is 1.44 bits per heavy atom. The molecule has 0 saturated carbocycles. The van der Waals surface area contributed by atoms with Crippen molar-refractivity contribution < 1.29 is 15.0 Å². The van der Waals surface area contributed by atoms with Crippen molar-refractivity contribution in [3.8, 4) is 0 Å². The van der Waals surface area contributed by atoms with Gasteiger partial charge in [0.15, 0.2) is 5.78 Å². The van der Waals surface area contributed by atoms with E-state index in [9.17, 15) is 4.79 Å². The van der Waals surface area contributed by atoms with Crippen molar-refractivity contribution in [2.75, 3.05) is 24.3 Å². The van der Waals surface area contributed by atoms with Crippen LogP contribution in [0.4, 0.5) is 11.4 Å². The molecular formula is C11H16N2O3. The van der Waals surface area contributed by atoms with Crippen LogP contribution in [0.15, 0.2) is 18.2 Å². The Labute approximate surface area is 93.9 Å². The largest absolute Gasteiger partial charge is 0.398 e. The molecule has 0 aliphatic rings. The second-order valence-electron chi connectivity index (χ2n) is 3.56. The number of benzene rings is 1. The van der Waals surface area contributed by atoms with Gasteiger partial charge in [0, 0.05) is 16.9 Å². The van der Waals surface area contributed by atoms with E-state index in [0.717, 1.165) is 0 Å². The van der Waals surface area contributed by atoms with Crippen LogP contribution in [0, 0.1) is 0 Å². The van der Waals surface area contributed by atoms with Gasteiger partial charge in [-0.1, -0.05) is 0 Å². The number of aliphatic hydroxyl groups excluding tert-OH is 2. The molecule has 5 N–H and O–H groups in total. The lowest BCUT2D eigenvalue weighted by Crippen LogP contribution is -2.27. The van der Waals surface area contributed by atoms with Crippen LogP contribution in [0.25, 0.3) is 0 Å². The van der Waals surface area contributed by atoms with Crippen molar-refractivity contribution in [2.24, 2.45) is 0 Å². The fourth-order valence-electron chi connectivity index (χ4n) is 1.34. The quantitative estimate of drug-likeness (QED) is 0.424. The number of nitrogens with two attached hydrogens (primary N) is 1. The number of carbonyl (C=O) groups excluding carboxylic acids is 1. The topological polar surface area (TPSA) is 95.6 Å². The predicted octanol–water partition coefficient (Wildman–Crippen LogP) is 0.236. The fourth-order valence-corrected chi connectivity index (χ4v) is 1.34. The average molecular weight is 224 g/mol. The second kappa shape index (κ2) is 5.48. The van der Waals surface area contributed by atoms with E-state index in [1.165, 1.54) is 6.92 Å². The molecule has 16 heavy (non-hydrogen) atoms. The number of Topliss-reactive ketones (excluding diaryl/α,β-unsaturated/α-hetero) is 1. The minimum Gasteiger partial charge on any atom is -0.398 e. The van der Waals surface area contributed by atoms with Crippen LogP contribution >= 0.6 is 0 Å². The van der Waals surface area contributed by atoms with Gasteiger partial charge in [-0.15, -0.1) is 0 Å². The average Bonchev–Trinajstić information content (AvgIpc) is 2.27. The van der Waals surface area contributed by atoms with Crippen molar-refractivity contribution in [2.45, 2.75) is 13.0 Å². The molecule has 0 aliphatic heterocycles. The molecule has 0 heterocycles. The number of hydrogen-bond acceptors (Lipinski definition) is 5. The lowest BCUT2D eigenvalue weighted by molar-refractivity contribution is 0.101. The number of carbonyl (C=O) groups is 1. The smallest absolute Gasteiger partial charge is 0.161 e. The van der Waals surface area contributed by atoms with Gasteiger partial charge in [0.05, 0.1) is 19.3 Å². The molecule has 0 saturated heterocycles. The van der Waals surface area contributed by atoms with E-state index in [2.05, 4.69) is 5.32 Å². The molecule has 5 heteroatoms. The molecule has 1 rings (SSSR count). The van der Waals surface area contributed by atoms with Gasteiger partial charge >= 0.3 is 0 Å². The van der Waals surface area contributed by atoms with E-state index < -0.39 is 6.04 Å². The third-order valence-electron chi connectivity index (χ3n) is 2.24. The molecule has 88 valence electrons. The standard InChI is InChI=1S/C11H16N2O3/c1-7(16)10-4-8(2-3-11(10)12)13-9(5-14)6-15/h2-4,9,13-15H,5-6,12H2,1H3. The predicted molar refractivity (Wildman–Crippen MR) is 62.4 cm³/mol. The molecule has 0 radical (unpaired) electrons. The van der Waals surface area contributed by atoms with Crippen molar-refractivity contribution in [3.05, 3.63) is 23.8 Å². The van der Waals surface area contributed by atoms with Crippen LogP contribution in [-0.4, -0.2) is 35.3 Å². The first-order valence-electron chi connectivity index (χ1n) is 4.97. The van der Waals surface area contributed by atoms with Crippen LogP contribution < -0.4 is 11.1 Å². The lowest BCUT2D eigenvalue weighted by Gasteiger charge is -2.15.